The lowest BCUT2D eigenvalue weighted by Crippen LogP contribution is -2.61. The fourth-order valence-electron chi connectivity index (χ4n) is 9.54. The molecule has 0 saturated carbocycles. The second-order valence-corrected chi connectivity index (χ2v) is 16.2. The molecule has 0 aliphatic carbocycles. The number of aromatic nitrogens is 2. The second-order valence-electron chi connectivity index (χ2n) is 16.2. The molecule has 294 valence electrons. The molecule has 0 N–H and O–H groups in total. The van der Waals surface area contributed by atoms with Crippen LogP contribution >= 0.6 is 0 Å². The van der Waals surface area contributed by atoms with Crippen LogP contribution in [0.3, 0.4) is 0 Å². The zero-order chi connectivity index (χ0) is 41.7. The molecule has 0 bridgehead atoms. The van der Waals surface area contributed by atoms with E-state index in [1.54, 1.807) is 0 Å². The predicted molar refractivity (Wildman–Crippen MR) is 263 cm³/mol. The van der Waals surface area contributed by atoms with Crippen molar-refractivity contribution < 1.29 is 0 Å². The van der Waals surface area contributed by atoms with Gasteiger partial charge in [-0.2, -0.15) is 0 Å². The minimum absolute atomic E-state index is 0.00687. The van der Waals surface area contributed by atoms with E-state index < -0.39 is 0 Å². The van der Waals surface area contributed by atoms with Gasteiger partial charge in [0.2, 0.25) is 0 Å². The zero-order valence-corrected chi connectivity index (χ0v) is 34.4. The fourth-order valence-corrected chi connectivity index (χ4v) is 9.54. The van der Waals surface area contributed by atoms with Crippen molar-refractivity contribution in [2.75, 3.05) is 9.80 Å². The number of rotatable bonds is 7. The molecule has 5 heteroatoms. The van der Waals surface area contributed by atoms with Gasteiger partial charge in [-0.15, -0.1) is 0 Å². The third kappa shape index (κ3) is 6.41. The van der Waals surface area contributed by atoms with Gasteiger partial charge in [-0.1, -0.05) is 182 Å². The van der Waals surface area contributed by atoms with E-state index in [1.165, 1.54) is 38.6 Å². The van der Waals surface area contributed by atoms with Crippen molar-refractivity contribution in [3.8, 4) is 56.2 Å². The molecular formula is C58H39BN4. The van der Waals surface area contributed by atoms with Gasteiger partial charge in [-0.25, -0.2) is 9.97 Å². The maximum absolute atomic E-state index is 5.39. The van der Waals surface area contributed by atoms with Crippen LogP contribution in [0.4, 0.5) is 34.1 Å². The first-order valence-corrected chi connectivity index (χ1v) is 21.5. The van der Waals surface area contributed by atoms with Crippen LogP contribution in [0, 0.1) is 0 Å². The molecule has 9 aromatic carbocycles. The Morgan fingerprint density at radius 2 is 0.635 bits per heavy atom. The van der Waals surface area contributed by atoms with Gasteiger partial charge in [0.1, 0.15) is 0 Å². The maximum Gasteiger partial charge on any atom is 0.252 e. The number of nitrogens with zero attached hydrogens (tertiary/aromatic N) is 4. The van der Waals surface area contributed by atoms with E-state index in [9.17, 15) is 0 Å². The van der Waals surface area contributed by atoms with Gasteiger partial charge in [-0.05, 0) is 93.2 Å². The van der Waals surface area contributed by atoms with Gasteiger partial charge in [-0.3, -0.25) is 0 Å². The first kappa shape index (κ1) is 36.6. The summed E-state index contributed by atoms with van der Waals surface area (Å²) in [6.07, 6.45) is 0. The van der Waals surface area contributed by atoms with Crippen molar-refractivity contribution in [3.63, 3.8) is 0 Å². The SMILES string of the molecule is c1ccc(-c2ccc(N3c4ccccc4B4c5ccccc5N(c5ccc(-c6ccccc6)cc5)c5cc(-c6nc(-c7ccccc7)cc(-c7ccccc7)n6)cc3c54)cc2)cc1. The lowest BCUT2D eigenvalue weighted by molar-refractivity contribution is 1.18. The number of para-hydroxylation sites is 2. The van der Waals surface area contributed by atoms with Gasteiger partial charge in [0.15, 0.2) is 5.82 Å². The van der Waals surface area contributed by atoms with Gasteiger partial charge in [0.05, 0.1) is 11.4 Å². The molecule has 10 aromatic rings. The highest BCUT2D eigenvalue weighted by molar-refractivity contribution is 7.00. The summed E-state index contributed by atoms with van der Waals surface area (Å²) in [4.78, 5) is 15.7. The van der Waals surface area contributed by atoms with E-state index in [4.69, 9.17) is 9.97 Å². The maximum atomic E-state index is 5.39. The molecule has 2 aliphatic rings. The molecule has 4 nitrogen and oxygen atoms in total. The Morgan fingerprint density at radius 3 is 1.05 bits per heavy atom. The van der Waals surface area contributed by atoms with Crippen LogP contribution < -0.4 is 26.2 Å². The minimum atomic E-state index is -0.00687. The molecule has 63 heavy (non-hydrogen) atoms. The van der Waals surface area contributed by atoms with Crippen molar-refractivity contribution in [2.24, 2.45) is 0 Å². The monoisotopic (exact) mass is 802 g/mol. The standard InChI is InChI=1S/C58H39BN4/c1-5-17-40(18-6-1)42-29-33-47(34-30-42)62-53-27-15-13-25-49(53)59-50-26-14-16-28-54(50)63(48-35-31-43(32-36-48)41-19-7-2-8-20-41)56-38-46(37-55(62)57(56)59)58-60-51(44-21-9-3-10-22-44)39-52(61-58)45-23-11-4-12-24-45/h1-39H. The summed E-state index contributed by atoms with van der Waals surface area (Å²) in [6, 6.07) is 84.7. The molecule has 0 saturated heterocycles. The second kappa shape index (κ2) is 15.3. The molecule has 1 aromatic heterocycles. The number of benzene rings is 9. The Morgan fingerprint density at radius 1 is 0.286 bits per heavy atom. The average Bonchev–Trinajstić information content (AvgIpc) is 3.37. The topological polar surface area (TPSA) is 32.3 Å². The Kier molecular flexibility index (Phi) is 8.89. The van der Waals surface area contributed by atoms with Crippen molar-refractivity contribution >= 4 is 57.2 Å². The van der Waals surface area contributed by atoms with Crippen molar-refractivity contribution in [2.45, 2.75) is 0 Å². The summed E-state index contributed by atoms with van der Waals surface area (Å²) in [7, 11) is 0. The van der Waals surface area contributed by atoms with E-state index in [0.717, 1.165) is 62.2 Å². The van der Waals surface area contributed by atoms with Gasteiger partial charge in [0.25, 0.3) is 6.71 Å². The molecular weight excluding hydrogens is 763 g/mol. The Hall–Kier alpha value is -8.28. The first-order chi connectivity index (χ1) is 31.2. The quantitative estimate of drug-likeness (QED) is 0.150. The van der Waals surface area contributed by atoms with Crippen molar-refractivity contribution in [3.05, 3.63) is 237 Å². The highest BCUT2D eigenvalue weighted by atomic mass is 15.2. The van der Waals surface area contributed by atoms with Crippen LogP contribution in [0.1, 0.15) is 0 Å². The average molecular weight is 803 g/mol. The molecule has 3 heterocycles. The van der Waals surface area contributed by atoms with Crippen LogP contribution in [0.5, 0.6) is 0 Å². The van der Waals surface area contributed by atoms with Crippen LogP contribution in [0.2, 0.25) is 0 Å². The van der Waals surface area contributed by atoms with Crippen LogP contribution in [0.25, 0.3) is 56.2 Å². The Balaban J connectivity index is 1.13. The first-order valence-electron chi connectivity index (χ1n) is 21.5. The molecule has 12 rings (SSSR count). The number of hydrogen-bond acceptors (Lipinski definition) is 4. The lowest BCUT2D eigenvalue weighted by Gasteiger charge is -2.44. The molecule has 0 unspecified atom stereocenters. The van der Waals surface area contributed by atoms with Gasteiger partial charge < -0.3 is 9.80 Å². The molecule has 0 spiro atoms. The van der Waals surface area contributed by atoms with E-state index in [1.807, 2.05) is 12.1 Å². The zero-order valence-electron chi connectivity index (χ0n) is 34.4. The van der Waals surface area contributed by atoms with E-state index in [-0.39, 0.29) is 6.71 Å². The predicted octanol–water partition coefficient (Wildman–Crippen LogP) is 12.9. The van der Waals surface area contributed by atoms with Gasteiger partial charge in [0, 0.05) is 50.8 Å². The summed E-state index contributed by atoms with van der Waals surface area (Å²) < 4.78 is 0. The minimum Gasteiger partial charge on any atom is -0.311 e. The summed E-state index contributed by atoms with van der Waals surface area (Å²) in [6.45, 7) is -0.00687. The molecule has 0 atom stereocenters. The summed E-state index contributed by atoms with van der Waals surface area (Å²) >= 11 is 0. The van der Waals surface area contributed by atoms with Crippen LogP contribution in [0.15, 0.2) is 237 Å². The van der Waals surface area contributed by atoms with E-state index in [2.05, 4.69) is 234 Å². The highest BCUT2D eigenvalue weighted by Gasteiger charge is 2.43. The Bertz CT molecular complexity index is 3050. The molecule has 0 radical (unpaired) electrons. The highest BCUT2D eigenvalue weighted by Crippen LogP contribution is 2.46. The molecule has 0 fully saturated rings. The number of anilines is 6. The fraction of sp³-hybridized carbons (Fsp3) is 0. The number of fused-ring (bicyclic) bond motifs is 4. The van der Waals surface area contributed by atoms with E-state index >= 15 is 0 Å². The third-order valence-electron chi connectivity index (χ3n) is 12.5. The smallest absolute Gasteiger partial charge is 0.252 e. The normalized spacial score (nSPS) is 12.3. The summed E-state index contributed by atoms with van der Waals surface area (Å²) in [5.74, 6) is 0.669. The third-order valence-corrected chi connectivity index (χ3v) is 12.5. The van der Waals surface area contributed by atoms with Crippen LogP contribution in [-0.2, 0) is 0 Å². The molecule has 2 aliphatic heterocycles. The van der Waals surface area contributed by atoms with E-state index in [0.29, 0.717) is 5.82 Å². The largest absolute Gasteiger partial charge is 0.311 e. The number of hydrogen-bond donors (Lipinski definition) is 0. The Labute approximate surface area is 368 Å². The van der Waals surface area contributed by atoms with Crippen molar-refractivity contribution in [1.82, 2.24) is 9.97 Å². The molecule has 0 amide bonds. The van der Waals surface area contributed by atoms with Crippen LogP contribution in [-0.4, -0.2) is 16.7 Å². The van der Waals surface area contributed by atoms with Gasteiger partial charge >= 0.3 is 0 Å². The summed E-state index contributed by atoms with van der Waals surface area (Å²) in [5, 5.41) is 0. The van der Waals surface area contributed by atoms with Crippen molar-refractivity contribution in [1.29, 1.82) is 0 Å². The lowest BCUT2D eigenvalue weighted by atomic mass is 9.33. The summed E-state index contributed by atoms with van der Waals surface area (Å²) in [5.41, 5.74) is 20.0.